The number of anilines is 1. The number of hydrogen-bond donors (Lipinski definition) is 1. The molecule has 3 aromatic rings. The first-order chi connectivity index (χ1) is 14.4. The van der Waals surface area contributed by atoms with E-state index in [4.69, 9.17) is 0 Å². The lowest BCUT2D eigenvalue weighted by molar-refractivity contribution is -0.117. The van der Waals surface area contributed by atoms with E-state index in [0.29, 0.717) is 17.2 Å². The summed E-state index contributed by atoms with van der Waals surface area (Å²) in [7, 11) is 0. The Morgan fingerprint density at radius 3 is 2.40 bits per heavy atom. The molecule has 2 aromatic carbocycles. The number of carbonyl (C=O) groups is 3. The van der Waals surface area contributed by atoms with Crippen LogP contribution in [0.5, 0.6) is 0 Å². The molecule has 30 heavy (non-hydrogen) atoms. The van der Waals surface area contributed by atoms with Crippen molar-refractivity contribution in [1.29, 1.82) is 0 Å². The maximum Gasteiger partial charge on any atom is 0.261 e. The summed E-state index contributed by atoms with van der Waals surface area (Å²) < 4.78 is 26.5. The zero-order valence-corrected chi connectivity index (χ0v) is 15.4. The lowest BCUT2D eigenvalue weighted by Gasteiger charge is -2.11. The number of tetrazole rings is 1. The quantitative estimate of drug-likeness (QED) is 0.614. The minimum Gasteiger partial charge on any atom is -0.322 e. The molecule has 0 unspecified atom stereocenters. The molecular weight excluding hydrogens is 398 g/mol. The molecule has 0 atom stereocenters. The fraction of sp³-hybridized carbons (Fsp3) is 0.158. The number of rotatable bonds is 6. The number of aromatic nitrogens is 4. The highest BCUT2D eigenvalue weighted by Crippen LogP contribution is 2.22. The SMILES string of the molecule is O=C(Cn1nnc(CCN2C(=O)c3ccccc3C2=O)n1)Nc1ccc(F)cc1F. The number of nitrogens with one attached hydrogen (secondary N) is 1. The average molecular weight is 412 g/mol. The third kappa shape index (κ3) is 3.77. The first-order valence-electron chi connectivity index (χ1n) is 8.89. The molecule has 0 bridgehead atoms. The van der Waals surface area contributed by atoms with Crippen LogP contribution < -0.4 is 5.32 Å². The average Bonchev–Trinajstić information content (AvgIpc) is 3.26. The van der Waals surface area contributed by atoms with Gasteiger partial charge in [0.05, 0.1) is 16.8 Å². The Hall–Kier alpha value is -4.02. The van der Waals surface area contributed by atoms with Crippen LogP contribution in [0.15, 0.2) is 42.5 Å². The van der Waals surface area contributed by atoms with Gasteiger partial charge in [0, 0.05) is 19.0 Å². The molecule has 1 N–H and O–H groups in total. The van der Waals surface area contributed by atoms with Gasteiger partial charge in [-0.15, -0.1) is 10.2 Å². The Morgan fingerprint density at radius 1 is 1.03 bits per heavy atom. The molecule has 1 aliphatic rings. The Balaban J connectivity index is 1.34. The number of benzene rings is 2. The van der Waals surface area contributed by atoms with Crippen LogP contribution in [0.3, 0.4) is 0 Å². The highest BCUT2D eigenvalue weighted by molar-refractivity contribution is 6.21. The summed E-state index contributed by atoms with van der Waals surface area (Å²) >= 11 is 0. The van der Waals surface area contributed by atoms with Crippen molar-refractivity contribution in [3.63, 3.8) is 0 Å². The number of amides is 3. The molecule has 152 valence electrons. The van der Waals surface area contributed by atoms with Crippen molar-refractivity contribution in [3.8, 4) is 0 Å². The molecule has 0 spiro atoms. The third-order valence-corrected chi connectivity index (χ3v) is 4.42. The van der Waals surface area contributed by atoms with Gasteiger partial charge in [0.25, 0.3) is 11.8 Å². The van der Waals surface area contributed by atoms with Crippen LogP contribution in [0.1, 0.15) is 26.5 Å². The summed E-state index contributed by atoms with van der Waals surface area (Å²) in [6.45, 7) is -0.290. The Morgan fingerprint density at radius 2 is 1.73 bits per heavy atom. The third-order valence-electron chi connectivity index (χ3n) is 4.42. The number of carbonyl (C=O) groups excluding carboxylic acids is 3. The Kier molecular flexibility index (Phi) is 5.00. The van der Waals surface area contributed by atoms with Gasteiger partial charge in [-0.2, -0.15) is 4.80 Å². The van der Waals surface area contributed by atoms with Gasteiger partial charge in [0.15, 0.2) is 5.82 Å². The number of nitrogens with zero attached hydrogens (tertiary/aromatic N) is 5. The van der Waals surface area contributed by atoms with Crippen molar-refractivity contribution in [1.82, 2.24) is 25.1 Å². The predicted octanol–water partition coefficient (Wildman–Crippen LogP) is 1.43. The second kappa shape index (κ2) is 7.78. The van der Waals surface area contributed by atoms with Crippen LogP contribution in [0, 0.1) is 11.6 Å². The van der Waals surface area contributed by atoms with Gasteiger partial charge in [0.1, 0.15) is 18.2 Å². The zero-order valence-electron chi connectivity index (χ0n) is 15.4. The van der Waals surface area contributed by atoms with Gasteiger partial charge < -0.3 is 5.32 Å². The fourth-order valence-electron chi connectivity index (χ4n) is 3.01. The highest BCUT2D eigenvalue weighted by atomic mass is 19.1. The van der Waals surface area contributed by atoms with Gasteiger partial charge in [-0.25, -0.2) is 8.78 Å². The summed E-state index contributed by atoms with van der Waals surface area (Å²) in [5, 5.41) is 13.8. The molecule has 9 nitrogen and oxygen atoms in total. The van der Waals surface area contributed by atoms with Crippen LogP contribution in [0.4, 0.5) is 14.5 Å². The van der Waals surface area contributed by atoms with Crippen molar-refractivity contribution < 1.29 is 23.2 Å². The van der Waals surface area contributed by atoms with Crippen LogP contribution in [-0.2, 0) is 17.8 Å². The minimum absolute atomic E-state index is 0.0605. The standard InChI is InChI=1S/C19H14F2N6O3/c20-11-5-6-15(14(21)9-11)22-17(28)10-27-24-16(23-25-27)7-8-26-18(29)12-3-1-2-4-13(12)19(26)30/h1-6,9H,7-8,10H2,(H,22,28). The van der Waals surface area contributed by atoms with Gasteiger partial charge >= 0.3 is 0 Å². The maximum atomic E-state index is 13.6. The maximum absolute atomic E-state index is 13.6. The molecule has 1 aliphatic heterocycles. The van der Waals surface area contributed by atoms with E-state index in [0.717, 1.165) is 21.8 Å². The Bertz CT molecular complexity index is 1130. The van der Waals surface area contributed by atoms with Gasteiger partial charge in [-0.3, -0.25) is 19.3 Å². The topological polar surface area (TPSA) is 110 Å². The molecule has 11 heteroatoms. The second-order valence-electron chi connectivity index (χ2n) is 6.47. The lowest BCUT2D eigenvalue weighted by Crippen LogP contribution is -2.32. The molecule has 0 saturated heterocycles. The van der Waals surface area contributed by atoms with Crippen molar-refractivity contribution in [2.75, 3.05) is 11.9 Å². The summed E-state index contributed by atoms with van der Waals surface area (Å²) in [5.74, 6) is -2.84. The van der Waals surface area contributed by atoms with Crippen molar-refractivity contribution >= 4 is 23.4 Å². The van der Waals surface area contributed by atoms with Crippen LogP contribution in [-0.4, -0.2) is 49.4 Å². The zero-order chi connectivity index (χ0) is 21.3. The van der Waals surface area contributed by atoms with E-state index < -0.39 is 17.5 Å². The Labute approximate surface area is 168 Å². The molecule has 2 heterocycles. The first kappa shape index (κ1) is 19.3. The minimum atomic E-state index is -0.906. The number of halogens is 2. The summed E-state index contributed by atoms with van der Waals surface area (Å²) in [6.07, 6.45) is 0.152. The monoisotopic (exact) mass is 412 g/mol. The predicted molar refractivity (Wildman–Crippen MR) is 98.3 cm³/mol. The lowest BCUT2D eigenvalue weighted by atomic mass is 10.1. The summed E-state index contributed by atoms with van der Waals surface area (Å²) in [4.78, 5) is 38.8. The van der Waals surface area contributed by atoms with Gasteiger partial charge in [-0.05, 0) is 29.5 Å². The molecule has 1 aromatic heterocycles. The van der Waals surface area contributed by atoms with E-state index in [2.05, 4.69) is 20.7 Å². The smallest absolute Gasteiger partial charge is 0.261 e. The largest absolute Gasteiger partial charge is 0.322 e. The number of imide groups is 1. The van der Waals surface area contributed by atoms with E-state index in [9.17, 15) is 23.2 Å². The van der Waals surface area contributed by atoms with E-state index in [1.807, 2.05) is 0 Å². The highest BCUT2D eigenvalue weighted by Gasteiger charge is 2.34. The summed E-state index contributed by atoms with van der Waals surface area (Å²) in [5.41, 5.74) is 0.528. The summed E-state index contributed by atoms with van der Waals surface area (Å²) in [6, 6.07) is 9.32. The van der Waals surface area contributed by atoms with Crippen molar-refractivity contribution in [2.45, 2.75) is 13.0 Å². The molecule has 0 aliphatic carbocycles. The van der Waals surface area contributed by atoms with Gasteiger partial charge in [0.2, 0.25) is 5.91 Å². The van der Waals surface area contributed by atoms with Crippen molar-refractivity contribution in [3.05, 3.63) is 71.1 Å². The molecule has 0 saturated carbocycles. The first-order valence-corrected chi connectivity index (χ1v) is 8.89. The van der Waals surface area contributed by atoms with Crippen molar-refractivity contribution in [2.24, 2.45) is 0 Å². The molecule has 4 rings (SSSR count). The second-order valence-corrected chi connectivity index (χ2v) is 6.47. The van der Waals surface area contributed by atoms with E-state index in [1.165, 1.54) is 0 Å². The molecule has 3 amide bonds. The fourth-order valence-corrected chi connectivity index (χ4v) is 3.01. The van der Waals surface area contributed by atoms with E-state index in [-0.39, 0.29) is 42.8 Å². The normalized spacial score (nSPS) is 12.9. The molecule has 0 fully saturated rings. The number of fused-ring (bicyclic) bond motifs is 1. The van der Waals surface area contributed by atoms with Gasteiger partial charge in [-0.1, -0.05) is 12.1 Å². The van der Waals surface area contributed by atoms with Crippen LogP contribution in [0.2, 0.25) is 0 Å². The van der Waals surface area contributed by atoms with E-state index in [1.54, 1.807) is 24.3 Å². The molecular formula is C19H14F2N6O3. The van der Waals surface area contributed by atoms with E-state index >= 15 is 0 Å². The van der Waals surface area contributed by atoms with Crippen LogP contribution in [0.25, 0.3) is 0 Å². The van der Waals surface area contributed by atoms with Crippen LogP contribution >= 0.6 is 0 Å². The molecule has 0 radical (unpaired) electrons. The number of hydrogen-bond acceptors (Lipinski definition) is 6.